The smallest absolute Gasteiger partial charge is 0.242 e. The van der Waals surface area contributed by atoms with Crippen molar-refractivity contribution < 1.29 is 33.9 Å². The summed E-state index contributed by atoms with van der Waals surface area (Å²) in [5.41, 5.74) is 6.74. The van der Waals surface area contributed by atoms with Gasteiger partial charge in [0, 0.05) is 39.3 Å². The van der Waals surface area contributed by atoms with E-state index in [-0.39, 0.29) is 75.4 Å². The normalized spacial score (nSPS) is 11.2. The molecule has 0 radical (unpaired) electrons. The second-order valence-corrected chi connectivity index (χ2v) is 21.9. The van der Waals surface area contributed by atoms with E-state index in [9.17, 15) is 33.9 Å². The largest absolute Gasteiger partial charge is 0.396 e. The number of nitrogens with two attached hydrogens (primary N) is 1. The Bertz CT molecular complexity index is 1630. The molecule has 0 aliphatic heterocycles. The Morgan fingerprint density at radius 2 is 0.662 bits per heavy atom. The molecule has 0 saturated carbocycles. The SMILES string of the molecule is CCCCCCCCCCN(CC(N)=O)C(=O)CN(CCCCCCCCCC)C(=O)CN(CCCCCCCCCC)C(=O)CN(CCCCCCCCCC)C(=O)CN(CCc1ccccc1)C(=O)CNCCCO. The van der Waals surface area contributed by atoms with Gasteiger partial charge in [-0.1, -0.05) is 238 Å². The number of amides is 6. The molecule has 0 fully saturated rings. The molecule has 14 heteroatoms. The van der Waals surface area contributed by atoms with E-state index < -0.39 is 5.91 Å². The summed E-state index contributed by atoms with van der Waals surface area (Å²) in [6.07, 6.45) is 35.4. The lowest BCUT2D eigenvalue weighted by molar-refractivity contribution is -0.147. The molecule has 0 saturated heterocycles. The summed E-state index contributed by atoms with van der Waals surface area (Å²) in [5, 5.41) is 12.4. The first-order valence-electron chi connectivity index (χ1n) is 31.5. The van der Waals surface area contributed by atoms with Gasteiger partial charge in [0.05, 0.1) is 39.3 Å². The summed E-state index contributed by atoms with van der Waals surface area (Å²) < 4.78 is 0. The molecule has 0 atom stereocenters. The molecule has 1 aromatic rings. The number of rotatable bonds is 54. The lowest BCUT2D eigenvalue weighted by Gasteiger charge is -2.32. The van der Waals surface area contributed by atoms with Gasteiger partial charge in [0.1, 0.15) is 0 Å². The molecule has 6 amide bonds. The standard InChI is InChI=1S/C63H115N7O7/c1-5-9-13-17-21-25-29-36-45-66(52-58(64)72)60(74)53-67(46-37-30-26-22-18-14-10-6-2)61(75)54-68(47-38-31-27-23-19-15-11-7-3)62(76)55-69(48-39-32-28-24-20-16-12-8-4)63(77)56-70(59(73)51-65-44-40-50-71)49-43-57-41-34-33-35-42-57/h33-35,41-42,65,71H,5-32,36-40,43-56H2,1-4H3,(H2,64,72). The molecule has 4 N–H and O–H groups in total. The molecule has 0 spiro atoms. The third-order valence-corrected chi connectivity index (χ3v) is 14.8. The zero-order valence-electron chi connectivity index (χ0n) is 49.8. The predicted octanol–water partition coefficient (Wildman–Crippen LogP) is 11.4. The first kappa shape index (κ1) is 71.0. The Morgan fingerprint density at radius 3 is 0.961 bits per heavy atom. The van der Waals surface area contributed by atoms with Crippen LogP contribution < -0.4 is 11.1 Å². The molecule has 1 aromatic carbocycles. The van der Waals surface area contributed by atoms with Crippen LogP contribution in [-0.4, -0.2) is 150 Å². The van der Waals surface area contributed by atoms with E-state index in [2.05, 4.69) is 33.0 Å². The minimum atomic E-state index is -0.592. The first-order chi connectivity index (χ1) is 37.5. The highest BCUT2D eigenvalue weighted by Gasteiger charge is 2.28. The summed E-state index contributed by atoms with van der Waals surface area (Å²) in [6, 6.07) is 9.85. The topological polar surface area (TPSA) is 177 Å². The Balaban J connectivity index is 3.52. The number of hydrogen-bond donors (Lipinski definition) is 3. The molecule has 444 valence electrons. The van der Waals surface area contributed by atoms with Crippen LogP contribution in [0.5, 0.6) is 0 Å². The van der Waals surface area contributed by atoms with Crippen molar-refractivity contribution in [3.8, 4) is 0 Å². The highest BCUT2D eigenvalue weighted by atomic mass is 16.3. The predicted molar refractivity (Wildman–Crippen MR) is 317 cm³/mol. The minimum Gasteiger partial charge on any atom is -0.396 e. The maximum atomic E-state index is 14.9. The van der Waals surface area contributed by atoms with Gasteiger partial charge in [-0.05, 0) is 50.6 Å². The van der Waals surface area contributed by atoms with Crippen LogP contribution in [0.15, 0.2) is 30.3 Å². The van der Waals surface area contributed by atoms with Gasteiger partial charge in [-0.15, -0.1) is 0 Å². The molecule has 0 aromatic heterocycles. The zero-order chi connectivity index (χ0) is 56.4. The number of hydrogen-bond acceptors (Lipinski definition) is 8. The molecule has 0 heterocycles. The fourth-order valence-electron chi connectivity index (χ4n) is 9.87. The van der Waals surface area contributed by atoms with Gasteiger partial charge in [-0.2, -0.15) is 0 Å². The Labute approximate surface area is 470 Å². The number of primary amides is 1. The van der Waals surface area contributed by atoms with Crippen LogP contribution in [-0.2, 0) is 35.2 Å². The zero-order valence-corrected chi connectivity index (χ0v) is 49.8. The van der Waals surface area contributed by atoms with Gasteiger partial charge < -0.3 is 40.7 Å². The molecule has 14 nitrogen and oxygen atoms in total. The fourth-order valence-corrected chi connectivity index (χ4v) is 9.87. The number of carbonyl (C=O) groups excluding carboxylic acids is 6. The fraction of sp³-hybridized carbons (Fsp3) is 0.810. The minimum absolute atomic E-state index is 0.00512. The van der Waals surface area contributed by atoms with Crippen molar-refractivity contribution in [3.63, 3.8) is 0 Å². The van der Waals surface area contributed by atoms with E-state index in [1.165, 1.54) is 108 Å². The monoisotopic (exact) mass is 1080 g/mol. The molecule has 0 aliphatic rings. The average molecular weight is 1080 g/mol. The lowest BCUT2D eigenvalue weighted by Crippen LogP contribution is -2.52. The van der Waals surface area contributed by atoms with Crippen molar-refractivity contribution >= 4 is 35.4 Å². The molecule has 77 heavy (non-hydrogen) atoms. The van der Waals surface area contributed by atoms with Crippen LogP contribution in [0.3, 0.4) is 0 Å². The van der Waals surface area contributed by atoms with Crippen LogP contribution in [0, 0.1) is 0 Å². The second-order valence-electron chi connectivity index (χ2n) is 21.9. The third-order valence-electron chi connectivity index (χ3n) is 14.8. The van der Waals surface area contributed by atoms with E-state index in [0.717, 1.165) is 89.0 Å². The van der Waals surface area contributed by atoms with E-state index in [1.807, 2.05) is 30.3 Å². The lowest BCUT2D eigenvalue weighted by atomic mass is 10.1. The van der Waals surface area contributed by atoms with Gasteiger partial charge in [-0.3, -0.25) is 28.8 Å². The highest BCUT2D eigenvalue weighted by molar-refractivity contribution is 5.92. The number of aliphatic hydroxyl groups excluding tert-OH is 1. The van der Waals surface area contributed by atoms with Crippen molar-refractivity contribution in [3.05, 3.63) is 35.9 Å². The van der Waals surface area contributed by atoms with Gasteiger partial charge in [0.2, 0.25) is 35.4 Å². The Kier molecular flexibility index (Phi) is 46.3. The second kappa shape index (κ2) is 50.2. The summed E-state index contributed by atoms with van der Waals surface area (Å²) in [5.74, 6) is -2.11. The van der Waals surface area contributed by atoms with Crippen molar-refractivity contribution in [1.29, 1.82) is 0 Å². The quantitative estimate of drug-likeness (QED) is 0.0540. The van der Waals surface area contributed by atoms with E-state index in [4.69, 9.17) is 5.73 Å². The molecule has 0 aliphatic carbocycles. The van der Waals surface area contributed by atoms with Crippen LogP contribution >= 0.6 is 0 Å². The maximum absolute atomic E-state index is 14.9. The van der Waals surface area contributed by atoms with Gasteiger partial charge in [0.25, 0.3) is 0 Å². The van der Waals surface area contributed by atoms with E-state index >= 15 is 0 Å². The van der Waals surface area contributed by atoms with Gasteiger partial charge >= 0.3 is 0 Å². The van der Waals surface area contributed by atoms with Crippen LogP contribution in [0.2, 0.25) is 0 Å². The highest BCUT2D eigenvalue weighted by Crippen LogP contribution is 2.15. The first-order valence-corrected chi connectivity index (χ1v) is 31.5. The van der Waals surface area contributed by atoms with Crippen LogP contribution in [0.1, 0.15) is 245 Å². The molecular formula is C63H115N7O7. The average Bonchev–Trinajstić information content (AvgIpc) is 3.42. The van der Waals surface area contributed by atoms with Crippen molar-refractivity contribution in [2.45, 2.75) is 246 Å². The summed E-state index contributed by atoms with van der Waals surface area (Å²) in [6.45, 7) is 10.0. The Hall–Kier alpha value is -4.04. The summed E-state index contributed by atoms with van der Waals surface area (Å²) in [7, 11) is 0. The summed E-state index contributed by atoms with van der Waals surface area (Å²) >= 11 is 0. The Morgan fingerprint density at radius 1 is 0.377 bits per heavy atom. The number of unbranched alkanes of at least 4 members (excludes halogenated alkanes) is 28. The maximum Gasteiger partial charge on any atom is 0.242 e. The molecule has 1 rings (SSSR count). The van der Waals surface area contributed by atoms with Gasteiger partial charge in [0.15, 0.2) is 0 Å². The summed E-state index contributed by atoms with van der Waals surface area (Å²) in [4.78, 5) is 92.3. The van der Waals surface area contributed by atoms with E-state index in [0.29, 0.717) is 71.4 Å². The van der Waals surface area contributed by atoms with Crippen LogP contribution in [0.4, 0.5) is 0 Å². The number of aliphatic hydroxyl groups is 1. The van der Waals surface area contributed by atoms with Crippen LogP contribution in [0.25, 0.3) is 0 Å². The number of carbonyl (C=O) groups is 6. The van der Waals surface area contributed by atoms with E-state index in [1.54, 1.807) is 19.6 Å². The molecule has 0 unspecified atom stereocenters. The van der Waals surface area contributed by atoms with Crippen molar-refractivity contribution in [2.24, 2.45) is 5.73 Å². The molecule has 0 bridgehead atoms. The number of benzene rings is 1. The van der Waals surface area contributed by atoms with Crippen molar-refractivity contribution in [1.82, 2.24) is 29.8 Å². The third kappa shape index (κ3) is 39.1. The van der Waals surface area contributed by atoms with Gasteiger partial charge in [-0.25, -0.2) is 0 Å². The van der Waals surface area contributed by atoms with Crippen molar-refractivity contribution in [2.75, 3.05) is 85.1 Å². The number of nitrogens with one attached hydrogen (secondary N) is 1. The number of nitrogens with zero attached hydrogens (tertiary/aromatic N) is 5. The molecular weight excluding hydrogens is 967 g/mol.